The standard InChI is InChI=1S/C14H15N5OS2/c1-10(21-14-18-17-13(16)22-14)12(20)19(9-5-8-15)11-6-3-2-4-7-11/h2-4,6-7,10H,5,9H2,1H3,(H2,16,17). The molecular weight excluding hydrogens is 318 g/mol. The van der Waals surface area contributed by atoms with E-state index in [1.54, 1.807) is 4.90 Å². The van der Waals surface area contributed by atoms with Gasteiger partial charge in [0.25, 0.3) is 0 Å². The lowest BCUT2D eigenvalue weighted by atomic mass is 10.2. The van der Waals surface area contributed by atoms with E-state index in [2.05, 4.69) is 16.3 Å². The van der Waals surface area contributed by atoms with Crippen molar-refractivity contribution in [2.45, 2.75) is 22.9 Å². The minimum Gasteiger partial charge on any atom is -0.374 e. The normalized spacial score (nSPS) is 11.6. The fourth-order valence-electron chi connectivity index (χ4n) is 1.83. The van der Waals surface area contributed by atoms with E-state index < -0.39 is 0 Å². The van der Waals surface area contributed by atoms with Crippen LogP contribution >= 0.6 is 23.1 Å². The minimum absolute atomic E-state index is 0.0692. The Kier molecular flexibility index (Phi) is 5.75. The van der Waals surface area contributed by atoms with Crippen LogP contribution in [0.15, 0.2) is 34.7 Å². The Morgan fingerprint density at radius 1 is 1.45 bits per heavy atom. The minimum atomic E-state index is -0.341. The summed E-state index contributed by atoms with van der Waals surface area (Å²) in [5, 5.41) is 16.5. The van der Waals surface area contributed by atoms with Gasteiger partial charge in [-0.15, -0.1) is 10.2 Å². The molecule has 0 saturated carbocycles. The van der Waals surface area contributed by atoms with Crippen molar-refractivity contribution in [3.63, 3.8) is 0 Å². The summed E-state index contributed by atoms with van der Waals surface area (Å²) in [4.78, 5) is 14.3. The van der Waals surface area contributed by atoms with E-state index in [0.29, 0.717) is 16.0 Å². The van der Waals surface area contributed by atoms with Crippen LogP contribution in [-0.4, -0.2) is 27.9 Å². The number of thioether (sulfide) groups is 1. The lowest BCUT2D eigenvalue weighted by Crippen LogP contribution is -2.37. The number of aromatic nitrogens is 2. The predicted molar refractivity (Wildman–Crippen MR) is 88.7 cm³/mol. The number of nitrogens with zero attached hydrogens (tertiary/aromatic N) is 4. The molecule has 0 aliphatic heterocycles. The Balaban J connectivity index is 2.12. The number of hydrogen-bond donors (Lipinski definition) is 1. The van der Waals surface area contributed by atoms with Crippen LogP contribution in [0.4, 0.5) is 10.8 Å². The van der Waals surface area contributed by atoms with Gasteiger partial charge in [0, 0.05) is 12.2 Å². The predicted octanol–water partition coefficient (Wildman–Crippen LogP) is 2.55. The molecule has 6 nitrogen and oxygen atoms in total. The third-order valence-corrected chi connectivity index (χ3v) is 4.75. The number of nitrogens with two attached hydrogens (primary N) is 1. The number of para-hydroxylation sites is 1. The van der Waals surface area contributed by atoms with Crippen LogP contribution in [0.1, 0.15) is 13.3 Å². The zero-order chi connectivity index (χ0) is 15.9. The quantitative estimate of drug-likeness (QED) is 0.816. The molecule has 2 rings (SSSR count). The van der Waals surface area contributed by atoms with Gasteiger partial charge < -0.3 is 10.6 Å². The van der Waals surface area contributed by atoms with E-state index in [0.717, 1.165) is 5.69 Å². The highest BCUT2D eigenvalue weighted by Gasteiger charge is 2.23. The van der Waals surface area contributed by atoms with Crippen LogP contribution in [0.2, 0.25) is 0 Å². The zero-order valence-corrected chi connectivity index (χ0v) is 13.6. The number of hydrogen-bond acceptors (Lipinski definition) is 7. The fourth-order valence-corrected chi connectivity index (χ4v) is 3.67. The van der Waals surface area contributed by atoms with E-state index >= 15 is 0 Å². The van der Waals surface area contributed by atoms with Crippen LogP contribution < -0.4 is 10.6 Å². The van der Waals surface area contributed by atoms with Crippen molar-refractivity contribution >= 4 is 39.8 Å². The van der Waals surface area contributed by atoms with Crippen LogP contribution in [-0.2, 0) is 4.79 Å². The van der Waals surface area contributed by atoms with Crippen molar-refractivity contribution in [2.75, 3.05) is 17.2 Å². The number of amides is 1. The van der Waals surface area contributed by atoms with Gasteiger partial charge in [0.15, 0.2) is 4.34 Å². The van der Waals surface area contributed by atoms with Gasteiger partial charge in [-0.25, -0.2) is 0 Å². The maximum Gasteiger partial charge on any atom is 0.240 e. The van der Waals surface area contributed by atoms with Crippen molar-refractivity contribution in [2.24, 2.45) is 0 Å². The number of rotatable bonds is 6. The van der Waals surface area contributed by atoms with Gasteiger partial charge in [-0.05, 0) is 19.1 Å². The molecule has 1 aromatic carbocycles. The van der Waals surface area contributed by atoms with Crippen LogP contribution in [0.25, 0.3) is 0 Å². The molecule has 0 fully saturated rings. The first-order valence-electron chi connectivity index (χ1n) is 6.61. The Morgan fingerprint density at radius 2 is 2.18 bits per heavy atom. The number of nitrogen functional groups attached to an aromatic ring is 1. The average molecular weight is 333 g/mol. The number of benzene rings is 1. The molecule has 0 aliphatic rings. The molecule has 2 N–H and O–H groups in total. The van der Waals surface area contributed by atoms with Gasteiger partial charge in [-0.3, -0.25) is 4.79 Å². The molecular formula is C14H15N5OS2. The molecule has 1 atom stereocenters. The maximum atomic E-state index is 12.7. The van der Waals surface area contributed by atoms with Crippen LogP contribution in [0, 0.1) is 11.3 Å². The zero-order valence-electron chi connectivity index (χ0n) is 12.0. The highest BCUT2D eigenvalue weighted by atomic mass is 32.2. The highest BCUT2D eigenvalue weighted by Crippen LogP contribution is 2.29. The second kappa shape index (κ2) is 7.77. The lowest BCUT2D eigenvalue weighted by Gasteiger charge is -2.24. The Labute approximate surface area is 137 Å². The van der Waals surface area contributed by atoms with Crippen molar-refractivity contribution in [1.82, 2.24) is 10.2 Å². The molecule has 0 bridgehead atoms. The Bertz CT molecular complexity index is 667. The van der Waals surface area contributed by atoms with Crippen molar-refractivity contribution in [3.05, 3.63) is 30.3 Å². The Hall–Kier alpha value is -2.11. The monoisotopic (exact) mass is 333 g/mol. The molecule has 1 amide bonds. The molecule has 0 saturated heterocycles. The van der Waals surface area contributed by atoms with Gasteiger partial charge in [0.2, 0.25) is 11.0 Å². The summed E-state index contributed by atoms with van der Waals surface area (Å²) in [5.41, 5.74) is 6.33. The van der Waals surface area contributed by atoms with Crippen molar-refractivity contribution < 1.29 is 4.79 Å². The van der Waals surface area contributed by atoms with Gasteiger partial charge in [0.1, 0.15) is 0 Å². The van der Waals surface area contributed by atoms with Gasteiger partial charge in [-0.2, -0.15) is 5.26 Å². The molecule has 0 aliphatic carbocycles. The molecule has 8 heteroatoms. The SMILES string of the molecule is CC(Sc1nnc(N)s1)C(=O)N(CCC#N)c1ccccc1. The lowest BCUT2D eigenvalue weighted by molar-refractivity contribution is -0.117. The van der Waals surface area contributed by atoms with E-state index in [-0.39, 0.29) is 17.6 Å². The molecule has 114 valence electrons. The maximum absolute atomic E-state index is 12.7. The van der Waals surface area contributed by atoms with Gasteiger partial charge >= 0.3 is 0 Å². The van der Waals surface area contributed by atoms with E-state index in [1.165, 1.54) is 23.1 Å². The van der Waals surface area contributed by atoms with E-state index in [9.17, 15) is 4.79 Å². The summed E-state index contributed by atoms with van der Waals surface area (Å²) in [6.45, 7) is 2.18. The van der Waals surface area contributed by atoms with Gasteiger partial charge in [0.05, 0.1) is 17.7 Å². The number of anilines is 2. The van der Waals surface area contributed by atoms with Crippen LogP contribution in [0.5, 0.6) is 0 Å². The fraction of sp³-hybridized carbons (Fsp3) is 0.286. The van der Waals surface area contributed by atoms with Gasteiger partial charge in [-0.1, -0.05) is 41.3 Å². The van der Waals surface area contributed by atoms with E-state index in [4.69, 9.17) is 11.0 Å². The summed E-state index contributed by atoms with van der Waals surface area (Å²) < 4.78 is 0.659. The molecule has 0 spiro atoms. The van der Waals surface area contributed by atoms with Crippen LogP contribution in [0.3, 0.4) is 0 Å². The summed E-state index contributed by atoms with van der Waals surface area (Å²) >= 11 is 2.57. The van der Waals surface area contributed by atoms with E-state index in [1.807, 2.05) is 37.3 Å². The van der Waals surface area contributed by atoms with Crippen molar-refractivity contribution in [1.29, 1.82) is 5.26 Å². The third-order valence-electron chi connectivity index (χ3n) is 2.83. The molecule has 0 radical (unpaired) electrons. The molecule has 2 aromatic rings. The first-order valence-corrected chi connectivity index (χ1v) is 8.30. The number of nitriles is 1. The largest absolute Gasteiger partial charge is 0.374 e. The summed E-state index contributed by atoms with van der Waals surface area (Å²) in [6, 6.07) is 11.4. The molecule has 1 heterocycles. The average Bonchev–Trinajstić information content (AvgIpc) is 2.93. The number of carbonyl (C=O) groups excluding carboxylic acids is 1. The summed E-state index contributed by atoms with van der Waals surface area (Å²) in [6.07, 6.45) is 0.282. The summed E-state index contributed by atoms with van der Waals surface area (Å²) in [7, 11) is 0. The second-order valence-corrected chi connectivity index (χ2v) is 7.00. The topological polar surface area (TPSA) is 95.9 Å². The molecule has 22 heavy (non-hydrogen) atoms. The first kappa shape index (κ1) is 16.3. The highest BCUT2D eigenvalue weighted by molar-refractivity contribution is 8.02. The first-order chi connectivity index (χ1) is 10.6. The second-order valence-electron chi connectivity index (χ2n) is 4.40. The summed E-state index contributed by atoms with van der Waals surface area (Å²) in [5.74, 6) is -0.0692. The van der Waals surface area contributed by atoms with Crippen molar-refractivity contribution in [3.8, 4) is 6.07 Å². The number of carbonyl (C=O) groups is 1. The smallest absolute Gasteiger partial charge is 0.240 e. The Morgan fingerprint density at radius 3 is 2.77 bits per heavy atom. The third kappa shape index (κ3) is 4.19. The molecule has 1 unspecified atom stereocenters. The molecule has 1 aromatic heterocycles.